The molecule has 11 heteroatoms. The lowest BCUT2D eigenvalue weighted by molar-refractivity contribution is 0.0687. The van der Waals surface area contributed by atoms with Crippen LogP contribution < -0.4 is 22.2 Å². The molecule has 0 radical (unpaired) electrons. The van der Waals surface area contributed by atoms with E-state index < -0.39 is 6.04 Å². The lowest BCUT2D eigenvalue weighted by Gasteiger charge is -2.25. The van der Waals surface area contributed by atoms with Crippen LogP contribution in [0.5, 0.6) is 0 Å². The van der Waals surface area contributed by atoms with Gasteiger partial charge in [-0.15, -0.1) is 0 Å². The minimum Gasteiger partial charge on any atom is -0.381 e. The minimum absolute atomic E-state index is 0.0161. The molecule has 0 amide bonds. The smallest absolute Gasteiger partial charge is 0.266 e. The van der Waals surface area contributed by atoms with Gasteiger partial charge in [0.15, 0.2) is 0 Å². The van der Waals surface area contributed by atoms with Gasteiger partial charge in [-0.3, -0.25) is 14.2 Å². The summed E-state index contributed by atoms with van der Waals surface area (Å²) in [6, 6.07) is 19.6. The lowest BCUT2D eigenvalue weighted by Crippen LogP contribution is -2.29. The van der Waals surface area contributed by atoms with Crippen LogP contribution in [-0.4, -0.2) is 37.3 Å². The molecule has 2 aromatic carbocycles. The Balaban J connectivity index is 1.53. The molecule has 11 nitrogen and oxygen atoms in total. The molecule has 1 aliphatic heterocycles. The fourth-order valence-corrected chi connectivity index (χ4v) is 5.37. The van der Waals surface area contributed by atoms with Crippen LogP contribution in [0.4, 0.5) is 11.8 Å². The summed E-state index contributed by atoms with van der Waals surface area (Å²) in [6.45, 7) is 3.04. The Hall–Kier alpha value is -5.34. The maximum Gasteiger partial charge on any atom is 0.266 e. The van der Waals surface area contributed by atoms with Gasteiger partial charge in [0.25, 0.3) is 11.1 Å². The van der Waals surface area contributed by atoms with E-state index in [1.807, 2.05) is 55.6 Å². The van der Waals surface area contributed by atoms with Crippen LogP contribution >= 0.6 is 0 Å². The van der Waals surface area contributed by atoms with Gasteiger partial charge in [-0.25, -0.2) is 9.97 Å². The van der Waals surface area contributed by atoms with Gasteiger partial charge in [0, 0.05) is 31.5 Å². The van der Waals surface area contributed by atoms with Crippen molar-refractivity contribution in [3.05, 3.63) is 105 Å². The quantitative estimate of drug-likeness (QED) is 0.314. The van der Waals surface area contributed by atoms with Crippen molar-refractivity contribution in [1.82, 2.24) is 24.1 Å². The zero-order valence-corrected chi connectivity index (χ0v) is 22.9. The summed E-state index contributed by atoms with van der Waals surface area (Å²) >= 11 is 0. The Labute approximate surface area is 240 Å². The van der Waals surface area contributed by atoms with Crippen molar-refractivity contribution in [2.45, 2.75) is 31.8 Å². The van der Waals surface area contributed by atoms with E-state index in [1.54, 1.807) is 27.3 Å². The maximum absolute atomic E-state index is 14.4. The van der Waals surface area contributed by atoms with Gasteiger partial charge < -0.3 is 20.4 Å². The number of nitrogens with one attached hydrogen (secondary N) is 1. The normalized spacial score (nSPS) is 14.4. The average molecular weight is 561 g/mol. The predicted molar refractivity (Wildman–Crippen MR) is 159 cm³/mol. The van der Waals surface area contributed by atoms with Crippen LogP contribution in [0.15, 0.2) is 82.6 Å². The van der Waals surface area contributed by atoms with Gasteiger partial charge in [0.05, 0.1) is 28.8 Å². The van der Waals surface area contributed by atoms with Gasteiger partial charge in [-0.1, -0.05) is 30.3 Å². The summed E-state index contributed by atoms with van der Waals surface area (Å²) in [5.41, 5.74) is 8.20. The molecule has 0 saturated carbocycles. The van der Waals surface area contributed by atoms with Crippen LogP contribution in [0.1, 0.15) is 43.2 Å². The number of nitrogens with zero attached hydrogens (tertiary/aromatic N) is 6. The minimum atomic E-state index is -0.553. The summed E-state index contributed by atoms with van der Waals surface area (Å²) in [6.07, 6.45) is 4.68. The fourth-order valence-electron chi connectivity index (χ4n) is 5.37. The maximum atomic E-state index is 14.4. The van der Waals surface area contributed by atoms with Crippen molar-refractivity contribution in [1.29, 1.82) is 5.26 Å². The molecule has 1 fully saturated rings. The first-order chi connectivity index (χ1) is 20.4. The highest BCUT2D eigenvalue weighted by molar-refractivity contribution is 5.94. The van der Waals surface area contributed by atoms with Crippen molar-refractivity contribution in [3.63, 3.8) is 0 Å². The molecule has 4 heterocycles. The molecule has 1 saturated heterocycles. The number of pyridine rings is 1. The largest absolute Gasteiger partial charge is 0.381 e. The summed E-state index contributed by atoms with van der Waals surface area (Å²) in [4.78, 5) is 40.3. The number of fused-ring (bicyclic) bond motifs is 1. The first-order valence-electron chi connectivity index (χ1n) is 13.6. The molecular weight excluding hydrogens is 532 g/mol. The second-order valence-corrected chi connectivity index (χ2v) is 10.1. The molecule has 3 aromatic heterocycles. The summed E-state index contributed by atoms with van der Waals surface area (Å²) < 4.78 is 8.80. The number of nitrogens with two attached hydrogens (primary N) is 1. The summed E-state index contributed by atoms with van der Waals surface area (Å²) in [5.74, 6) is 0.682. The van der Waals surface area contributed by atoms with Crippen molar-refractivity contribution >= 4 is 22.7 Å². The Morgan fingerprint density at radius 1 is 1.05 bits per heavy atom. The molecule has 1 unspecified atom stereocenters. The Morgan fingerprint density at radius 2 is 1.83 bits per heavy atom. The molecule has 0 spiro atoms. The summed E-state index contributed by atoms with van der Waals surface area (Å²) in [5, 5.41) is 13.2. The average Bonchev–Trinajstić information content (AvgIpc) is 3.02. The molecule has 5 aromatic rings. The van der Waals surface area contributed by atoms with Crippen LogP contribution in [0, 0.1) is 11.3 Å². The molecule has 1 atom stereocenters. The van der Waals surface area contributed by atoms with Crippen molar-refractivity contribution in [2.24, 2.45) is 0 Å². The third kappa shape index (κ3) is 5.00. The number of hydrogen-bond acceptors (Lipinski definition) is 9. The fraction of sp³-hybridized carbons (Fsp3) is 0.226. The van der Waals surface area contributed by atoms with E-state index in [2.05, 4.69) is 21.4 Å². The highest BCUT2D eigenvalue weighted by Crippen LogP contribution is 2.29. The molecule has 210 valence electrons. The van der Waals surface area contributed by atoms with E-state index in [1.165, 1.54) is 6.20 Å². The number of rotatable bonds is 6. The van der Waals surface area contributed by atoms with E-state index >= 15 is 0 Å². The number of benzene rings is 2. The Kier molecular flexibility index (Phi) is 7.21. The van der Waals surface area contributed by atoms with Crippen molar-refractivity contribution < 1.29 is 4.74 Å². The van der Waals surface area contributed by atoms with Gasteiger partial charge in [0.2, 0.25) is 5.95 Å². The standard InChI is InChI=1S/C31H28N8O3/c1-19(35-28-21(16-32)17-34-31(33)37-28)29-36-25-9-5-8-24(27(25)30(41)39(29)23-6-3-2-4-7-23)20-10-11-26(40)38(18-20)22-12-14-42-15-13-22/h2-11,17-19,22H,12-15H2,1H3,(H3,33,34,35,37). The molecule has 3 N–H and O–H groups in total. The Bertz CT molecular complexity index is 1940. The van der Waals surface area contributed by atoms with E-state index in [-0.39, 0.29) is 34.5 Å². The molecule has 42 heavy (non-hydrogen) atoms. The zero-order chi connectivity index (χ0) is 29.2. The highest BCUT2D eigenvalue weighted by atomic mass is 16.5. The number of anilines is 2. The topological polar surface area (TPSA) is 154 Å². The second kappa shape index (κ2) is 11.3. The first kappa shape index (κ1) is 26.9. The number of nitriles is 1. The third-order valence-corrected chi connectivity index (χ3v) is 7.44. The van der Waals surface area contributed by atoms with E-state index in [0.29, 0.717) is 41.2 Å². The Morgan fingerprint density at radius 3 is 2.60 bits per heavy atom. The van der Waals surface area contributed by atoms with Crippen LogP contribution in [0.3, 0.4) is 0 Å². The van der Waals surface area contributed by atoms with Gasteiger partial charge in [0.1, 0.15) is 23.3 Å². The van der Waals surface area contributed by atoms with Gasteiger partial charge in [-0.2, -0.15) is 10.2 Å². The molecule has 0 aliphatic carbocycles. The van der Waals surface area contributed by atoms with Crippen LogP contribution in [0.25, 0.3) is 27.7 Å². The van der Waals surface area contributed by atoms with Crippen LogP contribution in [-0.2, 0) is 4.74 Å². The van der Waals surface area contributed by atoms with E-state index in [9.17, 15) is 14.9 Å². The van der Waals surface area contributed by atoms with Crippen molar-refractivity contribution in [2.75, 3.05) is 24.3 Å². The molecule has 0 bridgehead atoms. The van der Waals surface area contributed by atoms with Gasteiger partial charge in [-0.05, 0) is 55.2 Å². The number of ether oxygens (including phenoxy) is 1. The number of hydrogen-bond donors (Lipinski definition) is 2. The summed E-state index contributed by atoms with van der Waals surface area (Å²) in [7, 11) is 0. The second-order valence-electron chi connectivity index (χ2n) is 10.1. The molecule has 1 aliphatic rings. The number of para-hydroxylation sites is 1. The van der Waals surface area contributed by atoms with Crippen LogP contribution in [0.2, 0.25) is 0 Å². The monoisotopic (exact) mass is 560 g/mol. The number of aromatic nitrogens is 5. The van der Waals surface area contributed by atoms with E-state index in [0.717, 1.165) is 18.4 Å². The lowest BCUT2D eigenvalue weighted by atomic mass is 10.0. The third-order valence-electron chi connectivity index (χ3n) is 7.44. The highest BCUT2D eigenvalue weighted by Gasteiger charge is 2.23. The van der Waals surface area contributed by atoms with E-state index in [4.69, 9.17) is 15.5 Å². The zero-order valence-electron chi connectivity index (χ0n) is 22.9. The molecule has 6 rings (SSSR count). The van der Waals surface area contributed by atoms with Crippen molar-refractivity contribution in [3.8, 4) is 22.9 Å². The van der Waals surface area contributed by atoms with Gasteiger partial charge >= 0.3 is 0 Å². The molecular formula is C31H28N8O3. The number of nitrogen functional groups attached to an aromatic ring is 1. The SMILES string of the molecule is CC(Nc1nc(N)ncc1C#N)c1nc2cccc(-c3ccc(=O)n(C4CCOCC4)c3)c2c(=O)n1-c1ccccc1. The predicted octanol–water partition coefficient (Wildman–Crippen LogP) is 3.98. The first-order valence-corrected chi connectivity index (χ1v) is 13.6.